The molecular formula is C16H22N. The highest BCUT2D eigenvalue weighted by atomic mass is 15.0. The third-order valence-corrected chi connectivity index (χ3v) is 2.98. The molecule has 1 heterocycles. The Labute approximate surface area is 104 Å². The monoisotopic (exact) mass is 228 g/mol. The standard InChI is InChI=1S/C16H22N/c1-5-7-13-8-6-9-15-14(13)10-11-17(15)12-16(2,3)4/h6,9-11H,5,7,12H2,1-4H3. The van der Waals surface area contributed by atoms with Crippen LogP contribution in [-0.2, 0) is 13.0 Å². The summed E-state index contributed by atoms with van der Waals surface area (Å²) < 4.78 is 2.36. The Morgan fingerprint density at radius 1 is 1.24 bits per heavy atom. The van der Waals surface area contributed by atoms with E-state index in [0.29, 0.717) is 5.41 Å². The Kier molecular flexibility index (Phi) is 3.28. The van der Waals surface area contributed by atoms with E-state index in [2.05, 4.69) is 62.7 Å². The van der Waals surface area contributed by atoms with Crippen LogP contribution >= 0.6 is 0 Å². The van der Waals surface area contributed by atoms with E-state index in [0.717, 1.165) is 13.0 Å². The van der Waals surface area contributed by atoms with Gasteiger partial charge in [0.1, 0.15) is 0 Å². The largest absolute Gasteiger partial charge is 0.347 e. The fourth-order valence-corrected chi connectivity index (χ4v) is 2.33. The third-order valence-electron chi connectivity index (χ3n) is 2.98. The first-order valence-electron chi connectivity index (χ1n) is 6.49. The van der Waals surface area contributed by atoms with Crippen molar-refractivity contribution in [1.82, 2.24) is 4.57 Å². The van der Waals surface area contributed by atoms with Gasteiger partial charge in [-0.2, -0.15) is 0 Å². The molecule has 2 aromatic rings. The summed E-state index contributed by atoms with van der Waals surface area (Å²) in [7, 11) is 0. The van der Waals surface area contributed by atoms with Crippen molar-refractivity contribution < 1.29 is 0 Å². The second kappa shape index (κ2) is 4.56. The molecule has 1 heteroatoms. The lowest BCUT2D eigenvalue weighted by Crippen LogP contribution is -2.14. The van der Waals surface area contributed by atoms with E-state index in [1.165, 1.54) is 22.9 Å². The highest BCUT2D eigenvalue weighted by molar-refractivity contribution is 5.83. The lowest BCUT2D eigenvalue weighted by molar-refractivity contribution is 0.349. The van der Waals surface area contributed by atoms with Gasteiger partial charge in [-0.3, -0.25) is 0 Å². The molecular weight excluding hydrogens is 206 g/mol. The molecule has 0 spiro atoms. The molecule has 1 aromatic heterocycles. The van der Waals surface area contributed by atoms with Crippen LogP contribution in [0.15, 0.2) is 24.4 Å². The van der Waals surface area contributed by atoms with E-state index in [-0.39, 0.29) is 0 Å². The van der Waals surface area contributed by atoms with Crippen molar-refractivity contribution in [2.45, 2.75) is 47.1 Å². The van der Waals surface area contributed by atoms with Gasteiger partial charge in [0.15, 0.2) is 0 Å². The molecule has 1 aromatic carbocycles. The molecule has 0 saturated heterocycles. The van der Waals surface area contributed by atoms with E-state index < -0.39 is 0 Å². The van der Waals surface area contributed by atoms with Crippen LogP contribution in [0, 0.1) is 11.5 Å². The second-order valence-corrected chi connectivity index (χ2v) is 6.01. The highest BCUT2D eigenvalue weighted by Crippen LogP contribution is 2.25. The summed E-state index contributed by atoms with van der Waals surface area (Å²) >= 11 is 0. The molecule has 91 valence electrons. The zero-order valence-corrected chi connectivity index (χ0v) is 11.4. The van der Waals surface area contributed by atoms with Gasteiger partial charge in [-0.25, -0.2) is 0 Å². The van der Waals surface area contributed by atoms with Crippen LogP contribution in [-0.4, -0.2) is 4.57 Å². The first-order valence-corrected chi connectivity index (χ1v) is 6.49. The molecule has 0 aliphatic rings. The summed E-state index contributed by atoms with van der Waals surface area (Å²) in [5.74, 6) is 0. The number of fused-ring (bicyclic) bond motifs is 1. The lowest BCUT2D eigenvalue weighted by Gasteiger charge is -2.20. The number of rotatable bonds is 3. The normalized spacial score (nSPS) is 12.2. The number of hydrogen-bond acceptors (Lipinski definition) is 0. The van der Waals surface area contributed by atoms with Crippen molar-refractivity contribution in [3.05, 3.63) is 36.0 Å². The molecule has 0 fully saturated rings. The number of aromatic nitrogens is 1. The van der Waals surface area contributed by atoms with Crippen molar-refractivity contribution in [1.29, 1.82) is 0 Å². The first kappa shape index (κ1) is 12.2. The number of hydrogen-bond donors (Lipinski definition) is 0. The summed E-state index contributed by atoms with van der Waals surface area (Å²) in [6.07, 6.45) is 4.51. The van der Waals surface area contributed by atoms with Gasteiger partial charge in [-0.05, 0) is 35.6 Å². The molecule has 0 N–H and O–H groups in total. The van der Waals surface area contributed by atoms with Crippen LogP contribution < -0.4 is 0 Å². The summed E-state index contributed by atoms with van der Waals surface area (Å²) in [6, 6.07) is 9.86. The second-order valence-electron chi connectivity index (χ2n) is 6.01. The topological polar surface area (TPSA) is 4.93 Å². The molecule has 0 atom stereocenters. The van der Waals surface area contributed by atoms with Crippen LogP contribution in [0.4, 0.5) is 0 Å². The minimum Gasteiger partial charge on any atom is -0.347 e. The maximum absolute atomic E-state index is 3.38. The van der Waals surface area contributed by atoms with Crippen molar-refractivity contribution >= 4 is 10.9 Å². The Hall–Kier alpha value is -1.24. The van der Waals surface area contributed by atoms with Crippen LogP contribution in [0.25, 0.3) is 10.9 Å². The molecule has 0 saturated carbocycles. The molecule has 1 nitrogen and oxygen atoms in total. The van der Waals surface area contributed by atoms with Crippen LogP contribution in [0.1, 0.15) is 39.7 Å². The maximum atomic E-state index is 3.38. The van der Waals surface area contributed by atoms with Crippen molar-refractivity contribution in [2.75, 3.05) is 0 Å². The van der Waals surface area contributed by atoms with Gasteiger partial charge in [-0.15, -0.1) is 0 Å². The van der Waals surface area contributed by atoms with E-state index in [1.54, 1.807) is 0 Å². The molecule has 2 rings (SSSR count). The van der Waals surface area contributed by atoms with E-state index in [9.17, 15) is 0 Å². The molecule has 1 radical (unpaired) electrons. The summed E-state index contributed by atoms with van der Waals surface area (Å²) in [6.45, 7) is 10.1. The molecule has 0 aliphatic heterocycles. The van der Waals surface area contributed by atoms with E-state index in [1.807, 2.05) is 0 Å². The highest BCUT2D eigenvalue weighted by Gasteiger charge is 2.13. The quantitative estimate of drug-likeness (QED) is 0.732. The van der Waals surface area contributed by atoms with E-state index >= 15 is 0 Å². The van der Waals surface area contributed by atoms with Crippen LogP contribution in [0.5, 0.6) is 0 Å². The van der Waals surface area contributed by atoms with E-state index in [4.69, 9.17) is 0 Å². The molecule has 0 bridgehead atoms. The Morgan fingerprint density at radius 3 is 2.65 bits per heavy atom. The van der Waals surface area contributed by atoms with Crippen LogP contribution in [0.2, 0.25) is 0 Å². The van der Waals surface area contributed by atoms with Gasteiger partial charge in [-0.1, -0.05) is 40.2 Å². The minimum atomic E-state index is 0.316. The predicted octanol–water partition coefficient (Wildman–Crippen LogP) is 4.44. The van der Waals surface area contributed by atoms with Crippen molar-refractivity contribution in [3.63, 3.8) is 0 Å². The fourth-order valence-electron chi connectivity index (χ4n) is 2.33. The Bertz CT molecular complexity index is 500. The van der Waals surface area contributed by atoms with Gasteiger partial charge in [0, 0.05) is 23.6 Å². The van der Waals surface area contributed by atoms with Gasteiger partial charge in [0.05, 0.1) is 0 Å². The van der Waals surface area contributed by atoms with Crippen molar-refractivity contribution in [3.8, 4) is 0 Å². The SMILES string of the molecule is CCCc1[c]ccc2c1ccn2CC(C)(C)C. The first-order chi connectivity index (χ1) is 8.01. The molecule has 17 heavy (non-hydrogen) atoms. The Balaban J connectivity index is 2.44. The number of aryl methyl sites for hydroxylation is 1. The summed E-state index contributed by atoms with van der Waals surface area (Å²) in [4.78, 5) is 0. The molecule has 0 amide bonds. The zero-order valence-electron chi connectivity index (χ0n) is 11.4. The van der Waals surface area contributed by atoms with Gasteiger partial charge in [0.25, 0.3) is 0 Å². The summed E-state index contributed by atoms with van der Waals surface area (Å²) in [5, 5.41) is 1.37. The number of nitrogens with zero attached hydrogens (tertiary/aromatic N) is 1. The minimum absolute atomic E-state index is 0.316. The third kappa shape index (κ3) is 2.71. The average Bonchev–Trinajstić information content (AvgIpc) is 2.61. The maximum Gasteiger partial charge on any atom is 0.0483 e. The Morgan fingerprint density at radius 2 is 2.00 bits per heavy atom. The van der Waals surface area contributed by atoms with Gasteiger partial charge >= 0.3 is 0 Å². The van der Waals surface area contributed by atoms with Gasteiger partial charge in [0.2, 0.25) is 0 Å². The fraction of sp³-hybridized carbons (Fsp3) is 0.500. The molecule has 0 aliphatic carbocycles. The van der Waals surface area contributed by atoms with Gasteiger partial charge < -0.3 is 4.57 Å². The molecule has 0 unspecified atom stereocenters. The lowest BCUT2D eigenvalue weighted by atomic mass is 9.97. The number of benzene rings is 1. The smallest absolute Gasteiger partial charge is 0.0483 e. The summed E-state index contributed by atoms with van der Waals surface area (Å²) in [5.41, 5.74) is 3.02. The zero-order chi connectivity index (χ0) is 12.5. The average molecular weight is 228 g/mol. The predicted molar refractivity (Wildman–Crippen MR) is 74.2 cm³/mol. The van der Waals surface area contributed by atoms with Crippen molar-refractivity contribution in [2.24, 2.45) is 5.41 Å². The van der Waals surface area contributed by atoms with Crippen LogP contribution in [0.3, 0.4) is 0 Å².